The average molecular weight is 395 g/mol. The number of pyridine rings is 1. The number of hydrogen-bond acceptors (Lipinski definition) is 6. The second-order valence-corrected chi connectivity index (χ2v) is 8.51. The van der Waals surface area contributed by atoms with E-state index in [1.165, 1.54) is 0 Å². The highest BCUT2D eigenvalue weighted by Gasteiger charge is 2.41. The van der Waals surface area contributed by atoms with Gasteiger partial charge in [-0.2, -0.15) is 0 Å². The van der Waals surface area contributed by atoms with E-state index >= 15 is 0 Å². The fourth-order valence-corrected chi connectivity index (χ4v) is 5.00. The SMILES string of the molecule is O=C1CCc2cc(/C=C/C(=O)N3C[C@@H]4CN(c5nccs5)C[C@@H]4C3)cnc2N1. The second-order valence-electron chi connectivity index (χ2n) is 7.64. The first-order valence-corrected chi connectivity index (χ1v) is 10.4. The number of carbonyl (C=O) groups excluding carboxylic acids is 2. The summed E-state index contributed by atoms with van der Waals surface area (Å²) in [6, 6.07) is 2.00. The molecule has 1 N–H and O–H groups in total. The third kappa shape index (κ3) is 3.28. The number of carbonyl (C=O) groups is 2. The Bertz CT molecular complexity index is 928. The third-order valence-corrected chi connectivity index (χ3v) is 6.61. The maximum Gasteiger partial charge on any atom is 0.246 e. The summed E-state index contributed by atoms with van der Waals surface area (Å²) in [6.45, 7) is 3.58. The Morgan fingerprint density at radius 3 is 2.75 bits per heavy atom. The molecule has 2 aromatic rings. The summed E-state index contributed by atoms with van der Waals surface area (Å²) in [5, 5.41) is 5.87. The van der Waals surface area contributed by atoms with Crippen LogP contribution in [-0.4, -0.2) is 52.9 Å². The Hall–Kier alpha value is -2.74. The summed E-state index contributed by atoms with van der Waals surface area (Å²) in [5.74, 6) is 1.75. The van der Waals surface area contributed by atoms with E-state index in [0.29, 0.717) is 30.5 Å². The highest BCUT2D eigenvalue weighted by molar-refractivity contribution is 7.13. The Kier molecular flexibility index (Phi) is 4.35. The van der Waals surface area contributed by atoms with Crippen molar-refractivity contribution in [1.82, 2.24) is 14.9 Å². The molecular formula is C20H21N5O2S. The lowest BCUT2D eigenvalue weighted by Gasteiger charge is -2.20. The summed E-state index contributed by atoms with van der Waals surface area (Å²) in [6.07, 6.45) is 8.17. The molecule has 28 heavy (non-hydrogen) atoms. The number of hydrogen-bond donors (Lipinski definition) is 1. The third-order valence-electron chi connectivity index (χ3n) is 5.77. The van der Waals surface area contributed by atoms with E-state index in [2.05, 4.69) is 20.2 Å². The smallest absolute Gasteiger partial charge is 0.246 e. The molecule has 0 bridgehead atoms. The van der Waals surface area contributed by atoms with Gasteiger partial charge in [-0.25, -0.2) is 9.97 Å². The molecule has 3 aliphatic rings. The van der Waals surface area contributed by atoms with Crippen LogP contribution in [0.25, 0.3) is 6.08 Å². The van der Waals surface area contributed by atoms with Gasteiger partial charge in [-0.15, -0.1) is 11.3 Å². The molecule has 0 spiro atoms. The van der Waals surface area contributed by atoms with E-state index < -0.39 is 0 Å². The van der Waals surface area contributed by atoms with E-state index in [1.54, 1.807) is 23.6 Å². The first-order chi connectivity index (χ1) is 13.7. The number of nitrogens with zero attached hydrogens (tertiary/aromatic N) is 4. The predicted octanol–water partition coefficient (Wildman–Crippen LogP) is 2.03. The van der Waals surface area contributed by atoms with Crippen LogP contribution in [0.1, 0.15) is 17.5 Å². The average Bonchev–Trinajstić information content (AvgIpc) is 3.41. The van der Waals surface area contributed by atoms with Crippen LogP contribution in [0.4, 0.5) is 10.9 Å². The van der Waals surface area contributed by atoms with Gasteiger partial charge in [0.25, 0.3) is 0 Å². The highest BCUT2D eigenvalue weighted by atomic mass is 32.1. The quantitative estimate of drug-likeness (QED) is 0.805. The summed E-state index contributed by atoms with van der Waals surface area (Å²) < 4.78 is 0. The lowest BCUT2D eigenvalue weighted by atomic mass is 10.0. The van der Waals surface area contributed by atoms with E-state index in [0.717, 1.165) is 42.4 Å². The summed E-state index contributed by atoms with van der Waals surface area (Å²) in [5.41, 5.74) is 1.91. The van der Waals surface area contributed by atoms with Gasteiger partial charge in [-0.1, -0.05) is 0 Å². The van der Waals surface area contributed by atoms with Crippen molar-refractivity contribution in [3.8, 4) is 0 Å². The van der Waals surface area contributed by atoms with Crippen LogP contribution >= 0.6 is 11.3 Å². The summed E-state index contributed by atoms with van der Waals surface area (Å²) in [4.78, 5) is 37.1. The molecule has 5 heterocycles. The van der Waals surface area contributed by atoms with Crippen LogP contribution in [-0.2, 0) is 16.0 Å². The van der Waals surface area contributed by atoms with Gasteiger partial charge in [0.05, 0.1) is 0 Å². The minimum absolute atomic E-state index is 0.00600. The van der Waals surface area contributed by atoms with Crippen molar-refractivity contribution in [2.75, 3.05) is 36.4 Å². The molecule has 2 atom stereocenters. The van der Waals surface area contributed by atoms with Gasteiger partial charge in [0, 0.05) is 68.3 Å². The van der Waals surface area contributed by atoms with Crippen LogP contribution < -0.4 is 10.2 Å². The lowest BCUT2D eigenvalue weighted by Crippen LogP contribution is -2.32. The molecule has 0 aromatic carbocycles. The molecule has 2 fully saturated rings. The molecule has 0 radical (unpaired) electrons. The highest BCUT2D eigenvalue weighted by Crippen LogP contribution is 2.34. The van der Waals surface area contributed by atoms with E-state index in [9.17, 15) is 9.59 Å². The van der Waals surface area contributed by atoms with Gasteiger partial charge in [-0.3, -0.25) is 9.59 Å². The number of thiazole rings is 1. The number of aryl methyl sites for hydroxylation is 1. The van der Waals surface area contributed by atoms with E-state index in [4.69, 9.17) is 0 Å². The zero-order valence-corrected chi connectivity index (χ0v) is 16.2. The van der Waals surface area contributed by atoms with Gasteiger partial charge >= 0.3 is 0 Å². The molecule has 3 aliphatic heterocycles. The molecule has 5 rings (SSSR count). The van der Waals surface area contributed by atoms with Crippen molar-refractivity contribution < 1.29 is 9.59 Å². The number of aromatic nitrogens is 2. The Labute approximate surface area is 167 Å². The van der Waals surface area contributed by atoms with Gasteiger partial charge in [-0.05, 0) is 29.7 Å². The van der Waals surface area contributed by atoms with Crippen LogP contribution in [0.2, 0.25) is 0 Å². The Morgan fingerprint density at radius 2 is 2.00 bits per heavy atom. The lowest BCUT2D eigenvalue weighted by molar-refractivity contribution is -0.125. The molecule has 2 aromatic heterocycles. The molecule has 144 valence electrons. The minimum Gasteiger partial charge on any atom is -0.347 e. The molecule has 0 saturated carbocycles. The number of nitrogens with one attached hydrogen (secondary N) is 1. The molecule has 7 nitrogen and oxygen atoms in total. The van der Waals surface area contributed by atoms with Crippen LogP contribution in [0.5, 0.6) is 0 Å². The van der Waals surface area contributed by atoms with Crippen molar-refractivity contribution in [3.63, 3.8) is 0 Å². The fraction of sp³-hybridized carbons (Fsp3) is 0.400. The molecule has 2 saturated heterocycles. The number of fused-ring (bicyclic) bond motifs is 2. The van der Waals surface area contributed by atoms with E-state index in [-0.39, 0.29) is 11.8 Å². The van der Waals surface area contributed by atoms with Crippen LogP contribution in [0.3, 0.4) is 0 Å². The van der Waals surface area contributed by atoms with Crippen molar-refractivity contribution in [2.45, 2.75) is 12.8 Å². The minimum atomic E-state index is 0.00600. The monoisotopic (exact) mass is 395 g/mol. The number of anilines is 2. The first-order valence-electron chi connectivity index (χ1n) is 9.56. The van der Waals surface area contributed by atoms with Crippen LogP contribution in [0, 0.1) is 11.8 Å². The first kappa shape index (κ1) is 17.4. The van der Waals surface area contributed by atoms with Gasteiger partial charge < -0.3 is 15.1 Å². The van der Waals surface area contributed by atoms with E-state index in [1.807, 2.05) is 28.6 Å². The molecular weight excluding hydrogens is 374 g/mol. The van der Waals surface area contributed by atoms with Crippen LogP contribution in [0.15, 0.2) is 29.9 Å². The van der Waals surface area contributed by atoms with Gasteiger partial charge in [0.1, 0.15) is 5.82 Å². The molecule has 0 aliphatic carbocycles. The summed E-state index contributed by atoms with van der Waals surface area (Å²) in [7, 11) is 0. The van der Waals surface area contributed by atoms with Crippen molar-refractivity contribution >= 4 is 40.2 Å². The topological polar surface area (TPSA) is 78.4 Å². The van der Waals surface area contributed by atoms with Crippen molar-refractivity contribution in [2.24, 2.45) is 11.8 Å². The maximum absolute atomic E-state index is 12.6. The standard InChI is InChI=1S/C20H21N5O2S/c26-17-3-2-14-7-13(8-22-19(14)23-17)1-4-18(27)24-9-15-11-25(12-16(15)10-24)20-21-5-6-28-20/h1,4-8,15-16H,2-3,9-12H2,(H,22,23,26)/b4-1+/t15-,16+. The molecule has 2 amide bonds. The number of rotatable bonds is 3. The summed E-state index contributed by atoms with van der Waals surface area (Å²) >= 11 is 1.68. The fourth-order valence-electron chi connectivity index (χ4n) is 4.34. The maximum atomic E-state index is 12.6. The van der Waals surface area contributed by atoms with Crippen molar-refractivity contribution in [3.05, 3.63) is 41.0 Å². The van der Waals surface area contributed by atoms with Gasteiger partial charge in [0.15, 0.2) is 5.13 Å². The van der Waals surface area contributed by atoms with Gasteiger partial charge in [0.2, 0.25) is 11.8 Å². The largest absolute Gasteiger partial charge is 0.347 e. The van der Waals surface area contributed by atoms with Crippen molar-refractivity contribution in [1.29, 1.82) is 0 Å². The second kappa shape index (κ2) is 7.01. The number of likely N-dealkylation sites (tertiary alicyclic amines) is 1. The molecule has 0 unspecified atom stereocenters. The number of amides is 2. The Balaban J connectivity index is 1.20. The normalized spacial score (nSPS) is 23.8. The predicted molar refractivity (Wildman–Crippen MR) is 108 cm³/mol. The zero-order chi connectivity index (χ0) is 19.1. The molecule has 8 heteroatoms. The zero-order valence-electron chi connectivity index (χ0n) is 15.4. The Morgan fingerprint density at radius 1 is 1.18 bits per heavy atom.